The zero-order chi connectivity index (χ0) is 13.9. The molecule has 1 aliphatic heterocycles. The zero-order valence-corrected chi connectivity index (χ0v) is 10.6. The number of anilines is 1. The van der Waals surface area contributed by atoms with Crippen molar-refractivity contribution in [2.45, 2.75) is 18.6 Å². The largest absolute Gasteiger partial charge is 0.392 e. The first-order valence-electron chi connectivity index (χ1n) is 6.26. The lowest BCUT2D eigenvalue weighted by Gasteiger charge is -2.11. The normalized spacial score (nSPS) is 21.9. The van der Waals surface area contributed by atoms with E-state index in [4.69, 9.17) is 0 Å². The summed E-state index contributed by atoms with van der Waals surface area (Å²) in [6.07, 6.45) is 4.49. The van der Waals surface area contributed by atoms with Crippen molar-refractivity contribution in [2.24, 2.45) is 0 Å². The predicted octanol–water partition coefficient (Wildman–Crippen LogP) is -0.676. The van der Waals surface area contributed by atoms with Gasteiger partial charge in [0.05, 0.1) is 24.0 Å². The van der Waals surface area contributed by atoms with Gasteiger partial charge in [0.15, 0.2) is 5.82 Å². The van der Waals surface area contributed by atoms with Gasteiger partial charge in [0.2, 0.25) is 5.91 Å². The van der Waals surface area contributed by atoms with Crippen molar-refractivity contribution < 1.29 is 9.90 Å². The predicted molar refractivity (Wildman–Crippen MR) is 70.2 cm³/mol. The molecule has 2 atom stereocenters. The van der Waals surface area contributed by atoms with Crippen LogP contribution in [0.5, 0.6) is 0 Å². The quantitative estimate of drug-likeness (QED) is 0.685. The molecule has 0 saturated carbocycles. The minimum Gasteiger partial charge on any atom is -0.392 e. The van der Waals surface area contributed by atoms with Gasteiger partial charge < -0.3 is 15.7 Å². The molecule has 0 radical (unpaired) electrons. The van der Waals surface area contributed by atoms with E-state index in [9.17, 15) is 9.90 Å². The van der Waals surface area contributed by atoms with Crippen LogP contribution in [0.2, 0.25) is 0 Å². The van der Waals surface area contributed by atoms with Crippen molar-refractivity contribution in [2.75, 3.05) is 11.9 Å². The summed E-state index contributed by atoms with van der Waals surface area (Å²) in [5, 5.41) is 19.1. The number of nitrogens with zero attached hydrogens (tertiary/aromatic N) is 4. The molecule has 2 unspecified atom stereocenters. The molecular weight excluding hydrogens is 260 g/mol. The molecule has 3 N–H and O–H groups in total. The van der Waals surface area contributed by atoms with Crippen LogP contribution >= 0.6 is 0 Å². The van der Waals surface area contributed by atoms with Crippen LogP contribution in [-0.2, 0) is 4.79 Å². The number of carbonyl (C=O) groups excluding carboxylic acids is 1. The van der Waals surface area contributed by atoms with Crippen LogP contribution in [0.3, 0.4) is 0 Å². The second-order valence-electron chi connectivity index (χ2n) is 4.58. The molecule has 0 spiro atoms. The number of pyridine rings is 1. The maximum absolute atomic E-state index is 11.9. The van der Waals surface area contributed by atoms with E-state index < -0.39 is 6.10 Å². The van der Waals surface area contributed by atoms with Crippen molar-refractivity contribution in [3.63, 3.8) is 0 Å². The Balaban J connectivity index is 1.65. The summed E-state index contributed by atoms with van der Waals surface area (Å²) in [5.74, 6) is 0.451. The van der Waals surface area contributed by atoms with Gasteiger partial charge in [0, 0.05) is 6.54 Å². The van der Waals surface area contributed by atoms with E-state index in [1.165, 1.54) is 11.0 Å². The Kier molecular flexibility index (Phi) is 3.40. The molecule has 104 valence electrons. The van der Waals surface area contributed by atoms with Crippen LogP contribution in [0.1, 0.15) is 6.42 Å². The third-order valence-corrected chi connectivity index (χ3v) is 3.09. The maximum atomic E-state index is 11.9. The molecule has 8 nitrogen and oxygen atoms in total. The summed E-state index contributed by atoms with van der Waals surface area (Å²) < 4.78 is 1.53. The minimum absolute atomic E-state index is 0.170. The van der Waals surface area contributed by atoms with E-state index in [-0.39, 0.29) is 11.9 Å². The number of rotatable bonds is 3. The van der Waals surface area contributed by atoms with Gasteiger partial charge >= 0.3 is 0 Å². The molecule has 3 heterocycles. The molecule has 0 aliphatic carbocycles. The highest BCUT2D eigenvalue weighted by molar-refractivity contribution is 5.94. The van der Waals surface area contributed by atoms with Gasteiger partial charge in [-0.05, 0) is 18.6 Å². The Bertz CT molecular complexity index is 583. The first kappa shape index (κ1) is 12.7. The number of aliphatic hydroxyl groups is 1. The molecule has 2 aromatic heterocycles. The number of aromatic nitrogens is 4. The lowest BCUT2D eigenvalue weighted by Crippen LogP contribution is -2.35. The monoisotopic (exact) mass is 274 g/mol. The van der Waals surface area contributed by atoms with Crippen molar-refractivity contribution >= 4 is 11.6 Å². The smallest absolute Gasteiger partial charge is 0.241 e. The van der Waals surface area contributed by atoms with Gasteiger partial charge in [0.1, 0.15) is 12.7 Å². The van der Waals surface area contributed by atoms with Crippen molar-refractivity contribution in [1.82, 2.24) is 25.1 Å². The van der Waals surface area contributed by atoms with Gasteiger partial charge in [-0.1, -0.05) is 0 Å². The molecule has 8 heteroatoms. The molecule has 0 bridgehead atoms. The minimum atomic E-state index is -0.460. The molecule has 1 aliphatic rings. The summed E-state index contributed by atoms with van der Waals surface area (Å²) in [5.41, 5.74) is 0.599. The Labute approximate surface area is 114 Å². The molecular formula is C12H14N6O2. The second kappa shape index (κ2) is 5.35. The highest BCUT2D eigenvalue weighted by Crippen LogP contribution is 2.12. The third kappa shape index (κ3) is 2.65. The fourth-order valence-electron chi connectivity index (χ4n) is 2.07. The van der Waals surface area contributed by atoms with Gasteiger partial charge in [-0.3, -0.25) is 4.79 Å². The Hall–Kier alpha value is -2.32. The third-order valence-electron chi connectivity index (χ3n) is 3.09. The van der Waals surface area contributed by atoms with Crippen LogP contribution in [0.25, 0.3) is 5.82 Å². The summed E-state index contributed by atoms with van der Waals surface area (Å²) >= 11 is 0. The Morgan fingerprint density at radius 1 is 1.50 bits per heavy atom. The number of carbonyl (C=O) groups is 1. The van der Waals surface area contributed by atoms with Gasteiger partial charge in [-0.25, -0.2) is 14.6 Å². The molecule has 2 aromatic rings. The highest BCUT2D eigenvalue weighted by Gasteiger charge is 2.27. The van der Waals surface area contributed by atoms with Gasteiger partial charge in [-0.2, -0.15) is 5.10 Å². The van der Waals surface area contributed by atoms with Crippen molar-refractivity contribution in [3.8, 4) is 5.82 Å². The van der Waals surface area contributed by atoms with E-state index in [1.807, 2.05) is 0 Å². The zero-order valence-electron chi connectivity index (χ0n) is 10.6. The SMILES string of the molecule is O=C(Nc1ccc(-n2cncn2)nc1)C1CC(O)CN1. The molecule has 1 fully saturated rings. The molecule has 1 amide bonds. The lowest BCUT2D eigenvalue weighted by molar-refractivity contribution is -0.117. The average Bonchev–Trinajstić information content (AvgIpc) is 3.10. The number of β-amino-alcohol motifs (C(OH)–C–C–N with tert-alkyl or cyclic N) is 1. The van der Waals surface area contributed by atoms with E-state index in [0.29, 0.717) is 24.5 Å². The lowest BCUT2D eigenvalue weighted by atomic mass is 10.2. The van der Waals surface area contributed by atoms with Crippen molar-refractivity contribution in [1.29, 1.82) is 0 Å². The van der Waals surface area contributed by atoms with Gasteiger partial charge in [-0.15, -0.1) is 0 Å². The number of nitrogens with one attached hydrogen (secondary N) is 2. The van der Waals surface area contributed by atoms with Crippen LogP contribution in [0, 0.1) is 0 Å². The Morgan fingerprint density at radius 3 is 3.00 bits per heavy atom. The average molecular weight is 274 g/mol. The summed E-state index contributed by atoms with van der Waals surface area (Å²) in [6.45, 7) is 0.446. The standard InChI is InChI=1S/C12H14N6O2/c19-9-3-10(14-5-9)12(20)17-8-1-2-11(15-4-8)18-7-13-6-16-18/h1-2,4,6-7,9-10,14,19H,3,5H2,(H,17,20). The summed E-state index contributed by atoms with van der Waals surface area (Å²) in [6, 6.07) is 3.12. The van der Waals surface area contributed by atoms with E-state index in [1.54, 1.807) is 24.7 Å². The first-order valence-corrected chi connectivity index (χ1v) is 6.26. The fraction of sp³-hybridized carbons (Fsp3) is 0.333. The topological polar surface area (TPSA) is 105 Å². The fourth-order valence-corrected chi connectivity index (χ4v) is 2.07. The van der Waals surface area contributed by atoms with Crippen LogP contribution < -0.4 is 10.6 Å². The first-order chi connectivity index (χ1) is 9.72. The van der Waals surface area contributed by atoms with E-state index in [0.717, 1.165) is 0 Å². The number of amides is 1. The van der Waals surface area contributed by atoms with Crippen LogP contribution in [-0.4, -0.2) is 49.5 Å². The number of hydrogen-bond donors (Lipinski definition) is 3. The maximum Gasteiger partial charge on any atom is 0.241 e. The van der Waals surface area contributed by atoms with Crippen molar-refractivity contribution in [3.05, 3.63) is 31.0 Å². The number of hydrogen-bond acceptors (Lipinski definition) is 6. The van der Waals surface area contributed by atoms with E-state index in [2.05, 4.69) is 25.7 Å². The van der Waals surface area contributed by atoms with Crippen LogP contribution in [0.4, 0.5) is 5.69 Å². The van der Waals surface area contributed by atoms with Crippen LogP contribution in [0.15, 0.2) is 31.0 Å². The molecule has 1 saturated heterocycles. The Morgan fingerprint density at radius 2 is 2.40 bits per heavy atom. The molecule has 20 heavy (non-hydrogen) atoms. The second-order valence-corrected chi connectivity index (χ2v) is 4.58. The summed E-state index contributed by atoms with van der Waals surface area (Å²) in [4.78, 5) is 20.0. The van der Waals surface area contributed by atoms with Gasteiger partial charge in [0.25, 0.3) is 0 Å². The summed E-state index contributed by atoms with van der Waals surface area (Å²) in [7, 11) is 0. The van der Waals surface area contributed by atoms with E-state index >= 15 is 0 Å². The number of aliphatic hydroxyl groups excluding tert-OH is 1. The highest BCUT2D eigenvalue weighted by atomic mass is 16.3. The molecule has 3 rings (SSSR count). The molecule has 0 aromatic carbocycles.